The van der Waals surface area contributed by atoms with Gasteiger partial charge >= 0.3 is 0 Å². The summed E-state index contributed by atoms with van der Waals surface area (Å²) >= 11 is 0. The zero-order chi connectivity index (χ0) is 25.4. The fourth-order valence-corrected chi connectivity index (χ4v) is 4.01. The van der Waals surface area contributed by atoms with Gasteiger partial charge in [-0.1, -0.05) is 52.5 Å². The summed E-state index contributed by atoms with van der Waals surface area (Å²) in [5.74, 6) is -3.88. The van der Waals surface area contributed by atoms with E-state index in [1.807, 2.05) is 24.1 Å². The SMILES string of the molecule is C=CN(C)c1cc2nc(C)nc(N[C@H](C)c3cccc(C(F)(F)C(C)C)c3F)c2cc1C(C)C. The van der Waals surface area contributed by atoms with Crippen molar-refractivity contribution in [1.82, 2.24) is 9.97 Å². The average molecular weight is 471 g/mol. The fraction of sp³-hybridized carbons (Fsp3) is 0.407. The van der Waals surface area contributed by atoms with E-state index in [9.17, 15) is 8.78 Å². The van der Waals surface area contributed by atoms with Crippen LogP contribution < -0.4 is 10.2 Å². The highest BCUT2D eigenvalue weighted by Gasteiger charge is 2.39. The summed E-state index contributed by atoms with van der Waals surface area (Å²) in [4.78, 5) is 11.1. The number of aryl methyl sites for hydroxylation is 1. The highest BCUT2D eigenvalue weighted by atomic mass is 19.3. The van der Waals surface area contributed by atoms with Crippen molar-refractivity contribution in [3.63, 3.8) is 0 Å². The van der Waals surface area contributed by atoms with Crippen LogP contribution in [0.25, 0.3) is 10.9 Å². The lowest BCUT2D eigenvalue weighted by Gasteiger charge is -2.25. The maximum Gasteiger partial charge on any atom is 0.278 e. The number of aromatic nitrogens is 2. The van der Waals surface area contributed by atoms with Crippen LogP contribution in [0.15, 0.2) is 43.1 Å². The van der Waals surface area contributed by atoms with Crippen molar-refractivity contribution in [3.8, 4) is 0 Å². The molecule has 34 heavy (non-hydrogen) atoms. The van der Waals surface area contributed by atoms with E-state index >= 15 is 4.39 Å². The number of hydrogen-bond donors (Lipinski definition) is 1. The Morgan fingerprint density at radius 1 is 1.06 bits per heavy atom. The van der Waals surface area contributed by atoms with Crippen LogP contribution in [0.3, 0.4) is 0 Å². The lowest BCUT2D eigenvalue weighted by atomic mass is 9.94. The van der Waals surface area contributed by atoms with Crippen molar-refractivity contribution < 1.29 is 13.2 Å². The second-order valence-electron chi connectivity index (χ2n) is 9.35. The molecule has 1 heterocycles. The Balaban J connectivity index is 2.10. The second kappa shape index (κ2) is 9.65. The lowest BCUT2D eigenvalue weighted by Crippen LogP contribution is -2.24. The minimum Gasteiger partial charge on any atom is -0.363 e. The van der Waals surface area contributed by atoms with Gasteiger partial charge in [0, 0.05) is 29.6 Å². The Labute approximate surface area is 199 Å². The molecule has 1 atom stereocenters. The van der Waals surface area contributed by atoms with Crippen LogP contribution in [0.5, 0.6) is 0 Å². The molecule has 0 unspecified atom stereocenters. The molecule has 0 bridgehead atoms. The molecule has 0 amide bonds. The van der Waals surface area contributed by atoms with Crippen molar-refractivity contribution in [2.45, 2.75) is 59.4 Å². The number of hydrogen-bond acceptors (Lipinski definition) is 4. The molecule has 0 aliphatic heterocycles. The molecule has 0 aliphatic carbocycles. The van der Waals surface area contributed by atoms with E-state index in [0.717, 1.165) is 28.2 Å². The van der Waals surface area contributed by atoms with Gasteiger partial charge < -0.3 is 10.2 Å². The third-order valence-corrected chi connectivity index (χ3v) is 6.16. The number of fused-ring (bicyclic) bond motifs is 1. The van der Waals surface area contributed by atoms with Gasteiger partial charge in [0.2, 0.25) is 0 Å². The molecule has 0 spiro atoms. The minimum atomic E-state index is -3.27. The Morgan fingerprint density at radius 2 is 1.74 bits per heavy atom. The van der Waals surface area contributed by atoms with Crippen molar-refractivity contribution in [2.24, 2.45) is 5.92 Å². The van der Waals surface area contributed by atoms with Gasteiger partial charge in [-0.05, 0) is 43.7 Å². The Bertz CT molecular complexity index is 1200. The number of anilines is 2. The number of benzene rings is 2. The van der Waals surface area contributed by atoms with Crippen molar-refractivity contribution in [3.05, 3.63) is 71.4 Å². The summed E-state index contributed by atoms with van der Waals surface area (Å²) in [6.07, 6.45) is 1.74. The molecule has 1 N–H and O–H groups in total. The first kappa shape index (κ1) is 25.5. The maximum atomic E-state index is 15.3. The summed E-state index contributed by atoms with van der Waals surface area (Å²) in [5, 5.41) is 4.03. The van der Waals surface area contributed by atoms with Crippen LogP contribution in [0.2, 0.25) is 0 Å². The normalized spacial score (nSPS) is 12.9. The van der Waals surface area contributed by atoms with Crippen molar-refractivity contribution >= 4 is 22.4 Å². The average Bonchev–Trinajstić information content (AvgIpc) is 2.77. The Morgan fingerprint density at radius 3 is 2.32 bits per heavy atom. The summed E-state index contributed by atoms with van der Waals surface area (Å²) in [6, 6.07) is 7.57. The molecule has 4 nitrogen and oxygen atoms in total. The van der Waals surface area contributed by atoms with E-state index in [-0.39, 0.29) is 11.5 Å². The smallest absolute Gasteiger partial charge is 0.278 e. The zero-order valence-electron chi connectivity index (χ0n) is 20.9. The van der Waals surface area contributed by atoms with Crippen LogP contribution >= 0.6 is 0 Å². The van der Waals surface area contributed by atoms with E-state index in [1.54, 1.807) is 20.0 Å². The second-order valence-corrected chi connectivity index (χ2v) is 9.35. The third kappa shape index (κ3) is 4.74. The molecule has 0 aliphatic rings. The molecule has 2 aromatic carbocycles. The van der Waals surface area contributed by atoms with Crippen LogP contribution in [0.4, 0.5) is 24.7 Å². The van der Waals surface area contributed by atoms with Gasteiger partial charge in [0.25, 0.3) is 5.92 Å². The van der Waals surface area contributed by atoms with E-state index in [0.29, 0.717) is 11.6 Å². The van der Waals surface area contributed by atoms with E-state index in [4.69, 9.17) is 0 Å². The first-order valence-electron chi connectivity index (χ1n) is 11.5. The van der Waals surface area contributed by atoms with Gasteiger partial charge in [0.15, 0.2) is 0 Å². The number of halogens is 3. The Kier molecular flexibility index (Phi) is 7.24. The molecule has 0 radical (unpaired) electrons. The molecule has 3 rings (SSSR count). The van der Waals surface area contributed by atoms with Gasteiger partial charge in [-0.15, -0.1) is 0 Å². The molecule has 7 heteroatoms. The van der Waals surface area contributed by atoms with Crippen LogP contribution in [-0.2, 0) is 5.92 Å². The summed E-state index contributed by atoms with van der Waals surface area (Å²) < 4.78 is 44.5. The van der Waals surface area contributed by atoms with Gasteiger partial charge in [0.1, 0.15) is 17.5 Å². The van der Waals surface area contributed by atoms with E-state index in [1.165, 1.54) is 26.0 Å². The molecule has 0 fully saturated rings. The number of alkyl halides is 2. The quantitative estimate of drug-likeness (QED) is 0.366. The fourth-order valence-electron chi connectivity index (χ4n) is 4.01. The summed E-state index contributed by atoms with van der Waals surface area (Å²) in [7, 11) is 1.93. The predicted octanol–water partition coefficient (Wildman–Crippen LogP) is 7.70. The topological polar surface area (TPSA) is 41.1 Å². The van der Waals surface area contributed by atoms with Crippen LogP contribution in [0.1, 0.15) is 69.1 Å². The zero-order valence-corrected chi connectivity index (χ0v) is 20.9. The largest absolute Gasteiger partial charge is 0.363 e. The third-order valence-electron chi connectivity index (χ3n) is 6.16. The van der Waals surface area contributed by atoms with Crippen molar-refractivity contribution in [2.75, 3.05) is 17.3 Å². The van der Waals surface area contributed by atoms with Crippen molar-refractivity contribution in [1.29, 1.82) is 0 Å². The first-order valence-corrected chi connectivity index (χ1v) is 11.5. The number of nitrogens with one attached hydrogen (secondary N) is 1. The Hall–Kier alpha value is -3.09. The highest BCUT2D eigenvalue weighted by Crippen LogP contribution is 2.39. The molecule has 1 aromatic heterocycles. The molecular formula is C27H33F3N4. The van der Waals surface area contributed by atoms with Gasteiger partial charge in [-0.3, -0.25) is 0 Å². The molecular weight excluding hydrogens is 437 g/mol. The maximum absolute atomic E-state index is 15.3. The van der Waals surface area contributed by atoms with Gasteiger partial charge in [-0.2, -0.15) is 0 Å². The van der Waals surface area contributed by atoms with Gasteiger partial charge in [-0.25, -0.2) is 23.1 Å². The molecule has 0 saturated heterocycles. The monoisotopic (exact) mass is 470 g/mol. The number of nitrogens with zero attached hydrogens (tertiary/aromatic N) is 3. The van der Waals surface area contributed by atoms with E-state index in [2.05, 4.69) is 35.7 Å². The molecule has 0 saturated carbocycles. The predicted molar refractivity (Wildman–Crippen MR) is 134 cm³/mol. The molecule has 3 aromatic rings. The van der Waals surface area contributed by atoms with Crippen LogP contribution in [0, 0.1) is 18.7 Å². The highest BCUT2D eigenvalue weighted by molar-refractivity contribution is 5.93. The van der Waals surface area contributed by atoms with Gasteiger partial charge in [0.05, 0.1) is 17.1 Å². The lowest BCUT2D eigenvalue weighted by molar-refractivity contribution is -0.0545. The van der Waals surface area contributed by atoms with E-state index < -0.39 is 29.3 Å². The molecule has 182 valence electrons. The standard InChI is InChI=1S/C27H33F3N4/c1-9-34(8)24-14-23-21(13-20(24)15(2)3)26(33-18(7)32-23)31-17(6)19-11-10-12-22(25(19)28)27(29,30)16(4)5/h9-17H,1H2,2-8H3,(H,31,32,33)/t17-/m1/s1. The summed E-state index contributed by atoms with van der Waals surface area (Å²) in [6.45, 7) is 14.3. The van der Waals surface area contributed by atoms with Crippen LogP contribution in [-0.4, -0.2) is 17.0 Å². The summed E-state index contributed by atoms with van der Waals surface area (Å²) in [5.41, 5.74) is 2.38. The number of rotatable bonds is 8. The first-order chi connectivity index (χ1) is 15.9. The minimum absolute atomic E-state index is 0.161.